The van der Waals surface area contributed by atoms with Crippen LogP contribution in [0.3, 0.4) is 0 Å². The number of hydrogen-bond donors (Lipinski definition) is 1. The van der Waals surface area contributed by atoms with Crippen LogP contribution in [0.4, 0.5) is 0 Å². The van der Waals surface area contributed by atoms with E-state index in [4.69, 9.17) is 0 Å². The van der Waals surface area contributed by atoms with Gasteiger partial charge in [-0.25, -0.2) is 12.7 Å². The topological polar surface area (TPSA) is 66.5 Å². The zero-order valence-electron chi connectivity index (χ0n) is 6.49. The smallest absolute Gasteiger partial charge is 0.259 e. The van der Waals surface area contributed by atoms with Gasteiger partial charge in [0, 0.05) is 18.5 Å². The lowest BCUT2D eigenvalue weighted by molar-refractivity contribution is -0.126. The molecule has 0 aromatic heterocycles. The molecule has 1 rings (SSSR count). The Labute approximate surface area is 71.1 Å². The SMILES string of the molecule is C=CS(=O)(=O)N1CCNCC1=O. The number of hydrogen-bond acceptors (Lipinski definition) is 4. The van der Waals surface area contributed by atoms with E-state index in [0.29, 0.717) is 6.54 Å². The number of carbonyl (C=O) groups is 1. The van der Waals surface area contributed by atoms with E-state index in [-0.39, 0.29) is 13.1 Å². The lowest BCUT2D eigenvalue weighted by atomic mass is 10.4. The number of carbonyl (C=O) groups excluding carboxylic acids is 1. The predicted molar refractivity (Wildman–Crippen MR) is 43.7 cm³/mol. The molecule has 68 valence electrons. The van der Waals surface area contributed by atoms with Crippen LogP contribution in [0.5, 0.6) is 0 Å². The van der Waals surface area contributed by atoms with Gasteiger partial charge in [0.25, 0.3) is 10.0 Å². The molecular formula is C6H10N2O3S. The van der Waals surface area contributed by atoms with Gasteiger partial charge >= 0.3 is 0 Å². The van der Waals surface area contributed by atoms with Crippen molar-refractivity contribution in [3.63, 3.8) is 0 Å². The molecule has 1 aliphatic rings. The Hall–Kier alpha value is -0.880. The first kappa shape index (κ1) is 9.21. The van der Waals surface area contributed by atoms with Gasteiger partial charge in [0.15, 0.2) is 0 Å². The van der Waals surface area contributed by atoms with Gasteiger partial charge in [0.05, 0.1) is 6.54 Å². The molecule has 5 nitrogen and oxygen atoms in total. The zero-order valence-corrected chi connectivity index (χ0v) is 7.30. The van der Waals surface area contributed by atoms with Crippen LogP contribution in [-0.4, -0.2) is 38.3 Å². The van der Waals surface area contributed by atoms with E-state index in [9.17, 15) is 13.2 Å². The first-order valence-corrected chi connectivity index (χ1v) is 4.97. The Kier molecular flexibility index (Phi) is 2.49. The standard InChI is InChI=1S/C6H10N2O3S/c1-2-12(10,11)8-4-3-7-5-6(8)9/h2,7H,1,3-5H2. The van der Waals surface area contributed by atoms with Gasteiger partial charge in [-0.1, -0.05) is 6.58 Å². The number of piperazine rings is 1. The molecule has 0 atom stereocenters. The Balaban J connectivity index is 2.87. The maximum absolute atomic E-state index is 11.1. The van der Waals surface area contributed by atoms with Gasteiger partial charge in [0.2, 0.25) is 5.91 Å². The van der Waals surface area contributed by atoms with Gasteiger partial charge in [-0.3, -0.25) is 4.79 Å². The van der Waals surface area contributed by atoms with Crippen LogP contribution in [-0.2, 0) is 14.8 Å². The summed E-state index contributed by atoms with van der Waals surface area (Å²) >= 11 is 0. The van der Waals surface area contributed by atoms with Crippen molar-refractivity contribution in [1.29, 1.82) is 0 Å². The summed E-state index contributed by atoms with van der Waals surface area (Å²) in [5.74, 6) is -0.429. The van der Waals surface area contributed by atoms with Crippen molar-refractivity contribution >= 4 is 15.9 Å². The monoisotopic (exact) mass is 190 g/mol. The Morgan fingerprint density at radius 2 is 2.25 bits per heavy atom. The third kappa shape index (κ3) is 1.64. The highest BCUT2D eigenvalue weighted by Crippen LogP contribution is 2.04. The molecule has 1 fully saturated rings. The van der Waals surface area contributed by atoms with E-state index in [1.807, 2.05) is 0 Å². The summed E-state index contributed by atoms with van der Waals surface area (Å²) in [7, 11) is -3.56. The number of nitrogens with zero attached hydrogens (tertiary/aromatic N) is 1. The average molecular weight is 190 g/mol. The lowest BCUT2D eigenvalue weighted by Gasteiger charge is -2.24. The molecule has 6 heteroatoms. The second kappa shape index (κ2) is 3.24. The van der Waals surface area contributed by atoms with E-state index >= 15 is 0 Å². The first-order chi connectivity index (χ1) is 5.58. The molecular weight excluding hydrogens is 180 g/mol. The predicted octanol–water partition coefficient (Wildman–Crippen LogP) is -1.11. The van der Waals surface area contributed by atoms with Gasteiger partial charge in [-0.15, -0.1) is 0 Å². The number of sulfonamides is 1. The summed E-state index contributed by atoms with van der Waals surface area (Å²) in [4.78, 5) is 11.0. The van der Waals surface area contributed by atoms with Gasteiger partial charge in [-0.2, -0.15) is 0 Å². The lowest BCUT2D eigenvalue weighted by Crippen LogP contribution is -2.49. The van der Waals surface area contributed by atoms with Crippen LogP contribution in [0, 0.1) is 0 Å². The van der Waals surface area contributed by atoms with E-state index in [2.05, 4.69) is 11.9 Å². The molecule has 0 saturated carbocycles. The fourth-order valence-electron chi connectivity index (χ4n) is 0.948. The highest BCUT2D eigenvalue weighted by atomic mass is 32.2. The van der Waals surface area contributed by atoms with Crippen molar-refractivity contribution in [3.05, 3.63) is 12.0 Å². The fraction of sp³-hybridized carbons (Fsp3) is 0.500. The van der Waals surface area contributed by atoms with Crippen molar-refractivity contribution in [1.82, 2.24) is 9.62 Å². The van der Waals surface area contributed by atoms with Crippen molar-refractivity contribution in [2.24, 2.45) is 0 Å². The van der Waals surface area contributed by atoms with Crippen LogP contribution in [0.25, 0.3) is 0 Å². The zero-order chi connectivity index (χ0) is 9.19. The molecule has 1 N–H and O–H groups in total. The molecule has 1 saturated heterocycles. The first-order valence-electron chi connectivity index (χ1n) is 3.46. The van der Waals surface area contributed by atoms with Gasteiger partial charge in [-0.05, 0) is 0 Å². The molecule has 0 aromatic rings. The van der Waals surface area contributed by atoms with Crippen LogP contribution in [0.1, 0.15) is 0 Å². The van der Waals surface area contributed by atoms with Gasteiger partial charge in [0.1, 0.15) is 0 Å². The summed E-state index contributed by atoms with van der Waals surface area (Å²) in [6.45, 7) is 3.90. The molecule has 1 aliphatic heterocycles. The minimum atomic E-state index is -3.56. The summed E-state index contributed by atoms with van der Waals surface area (Å²) < 4.78 is 23.1. The summed E-state index contributed by atoms with van der Waals surface area (Å²) in [5.41, 5.74) is 0. The summed E-state index contributed by atoms with van der Waals surface area (Å²) in [6.07, 6.45) is 0. The Morgan fingerprint density at radius 3 is 2.75 bits per heavy atom. The van der Waals surface area contributed by atoms with E-state index in [0.717, 1.165) is 9.71 Å². The molecule has 1 amide bonds. The van der Waals surface area contributed by atoms with Crippen LogP contribution in [0.2, 0.25) is 0 Å². The second-order valence-electron chi connectivity index (χ2n) is 2.35. The van der Waals surface area contributed by atoms with E-state index < -0.39 is 15.9 Å². The third-order valence-corrected chi connectivity index (χ3v) is 2.99. The third-order valence-electron chi connectivity index (χ3n) is 1.56. The second-order valence-corrected chi connectivity index (χ2v) is 4.16. The molecule has 0 radical (unpaired) electrons. The number of amides is 1. The Bertz CT molecular complexity index is 296. The van der Waals surface area contributed by atoms with Crippen molar-refractivity contribution in [2.45, 2.75) is 0 Å². The molecule has 0 bridgehead atoms. The van der Waals surface area contributed by atoms with Crippen LogP contribution in [0.15, 0.2) is 12.0 Å². The minimum absolute atomic E-state index is 0.0765. The molecule has 0 unspecified atom stereocenters. The Morgan fingerprint density at radius 1 is 1.58 bits per heavy atom. The molecule has 0 aliphatic carbocycles. The molecule has 1 heterocycles. The molecule has 0 spiro atoms. The maximum atomic E-state index is 11.1. The largest absolute Gasteiger partial charge is 0.307 e. The average Bonchev–Trinajstić information content (AvgIpc) is 2.05. The highest BCUT2D eigenvalue weighted by molar-refractivity contribution is 7.92. The fourth-order valence-corrected chi connectivity index (χ4v) is 1.82. The minimum Gasteiger partial charge on any atom is -0.307 e. The van der Waals surface area contributed by atoms with Crippen molar-refractivity contribution in [3.8, 4) is 0 Å². The number of rotatable bonds is 2. The van der Waals surface area contributed by atoms with Crippen molar-refractivity contribution in [2.75, 3.05) is 19.6 Å². The van der Waals surface area contributed by atoms with Crippen LogP contribution < -0.4 is 5.32 Å². The molecule has 12 heavy (non-hydrogen) atoms. The number of nitrogens with one attached hydrogen (secondary N) is 1. The highest BCUT2D eigenvalue weighted by Gasteiger charge is 2.26. The molecule has 0 aromatic carbocycles. The van der Waals surface area contributed by atoms with Crippen LogP contribution >= 0.6 is 0 Å². The van der Waals surface area contributed by atoms with Gasteiger partial charge < -0.3 is 5.32 Å². The summed E-state index contributed by atoms with van der Waals surface area (Å²) in [6, 6.07) is 0. The quantitative estimate of drug-likeness (QED) is 0.599. The summed E-state index contributed by atoms with van der Waals surface area (Å²) in [5, 5.41) is 3.56. The normalized spacial score (nSPS) is 19.3. The van der Waals surface area contributed by atoms with E-state index in [1.54, 1.807) is 0 Å². The van der Waals surface area contributed by atoms with E-state index in [1.165, 1.54) is 0 Å². The van der Waals surface area contributed by atoms with Crippen molar-refractivity contribution < 1.29 is 13.2 Å². The maximum Gasteiger partial charge on any atom is 0.259 e.